The fraction of sp³-hybridized carbons (Fsp3) is 1.00. The van der Waals surface area contributed by atoms with Crippen LogP contribution in [-0.2, 0) is 14.2 Å². The minimum absolute atomic E-state index is 0.0901. The molecular formula is C13H29NO3. The van der Waals surface area contributed by atoms with Gasteiger partial charge < -0.3 is 19.5 Å². The molecule has 0 rings (SSSR count). The molecule has 0 saturated heterocycles. The zero-order chi connectivity index (χ0) is 13.1. The van der Waals surface area contributed by atoms with Crippen LogP contribution in [-0.4, -0.2) is 44.8 Å². The smallest absolute Gasteiger partial charge is 0.158 e. The molecule has 0 aromatic heterocycles. The first-order chi connectivity index (χ1) is 8.05. The molecule has 4 heteroatoms. The van der Waals surface area contributed by atoms with E-state index in [1.165, 1.54) is 0 Å². The third-order valence-electron chi connectivity index (χ3n) is 2.35. The van der Waals surface area contributed by atoms with Crippen LogP contribution in [0.1, 0.15) is 41.0 Å². The summed E-state index contributed by atoms with van der Waals surface area (Å²) in [5, 5.41) is 3.37. The molecular weight excluding hydrogens is 218 g/mol. The fourth-order valence-corrected chi connectivity index (χ4v) is 1.64. The van der Waals surface area contributed by atoms with E-state index >= 15 is 0 Å². The minimum atomic E-state index is -0.110. The third kappa shape index (κ3) is 9.53. The predicted octanol–water partition coefficient (Wildman–Crippen LogP) is 2.18. The van der Waals surface area contributed by atoms with Gasteiger partial charge in [-0.15, -0.1) is 0 Å². The summed E-state index contributed by atoms with van der Waals surface area (Å²) in [4.78, 5) is 0. The maximum atomic E-state index is 5.61. The second-order valence-electron chi connectivity index (χ2n) is 4.50. The Balaban J connectivity index is 3.66. The second kappa shape index (κ2) is 9.83. The normalized spacial score (nSPS) is 12.4. The lowest BCUT2D eigenvalue weighted by Crippen LogP contribution is -2.39. The third-order valence-corrected chi connectivity index (χ3v) is 2.35. The number of ether oxygens (including phenoxy) is 3. The number of nitrogens with one attached hydrogen (secondary N) is 1. The van der Waals surface area contributed by atoms with Crippen LogP contribution in [0.4, 0.5) is 0 Å². The fourth-order valence-electron chi connectivity index (χ4n) is 1.64. The summed E-state index contributed by atoms with van der Waals surface area (Å²) < 4.78 is 16.5. The van der Waals surface area contributed by atoms with Gasteiger partial charge in [0.05, 0.1) is 5.60 Å². The van der Waals surface area contributed by atoms with Crippen LogP contribution < -0.4 is 5.32 Å². The molecule has 0 aliphatic rings. The van der Waals surface area contributed by atoms with Crippen LogP contribution in [0.15, 0.2) is 0 Å². The zero-order valence-electron chi connectivity index (χ0n) is 12.0. The molecule has 0 atom stereocenters. The summed E-state index contributed by atoms with van der Waals surface area (Å²) in [6, 6.07) is 0. The van der Waals surface area contributed by atoms with Crippen molar-refractivity contribution in [3.63, 3.8) is 0 Å². The van der Waals surface area contributed by atoms with E-state index in [2.05, 4.69) is 19.2 Å². The Morgan fingerprint density at radius 1 is 1.00 bits per heavy atom. The Morgan fingerprint density at radius 3 is 2.06 bits per heavy atom. The Morgan fingerprint density at radius 2 is 1.59 bits per heavy atom. The van der Waals surface area contributed by atoms with Crippen molar-refractivity contribution in [1.82, 2.24) is 5.32 Å². The highest BCUT2D eigenvalue weighted by molar-refractivity contribution is 4.71. The first kappa shape index (κ1) is 16.8. The van der Waals surface area contributed by atoms with Gasteiger partial charge in [-0.2, -0.15) is 0 Å². The van der Waals surface area contributed by atoms with Gasteiger partial charge in [-0.3, -0.25) is 0 Å². The van der Waals surface area contributed by atoms with Gasteiger partial charge in [0, 0.05) is 39.3 Å². The van der Waals surface area contributed by atoms with E-state index < -0.39 is 0 Å². The van der Waals surface area contributed by atoms with E-state index in [1.807, 2.05) is 20.8 Å². The van der Waals surface area contributed by atoms with Gasteiger partial charge in [-0.05, 0) is 34.6 Å². The number of hydrogen-bond acceptors (Lipinski definition) is 4. The van der Waals surface area contributed by atoms with E-state index in [0.29, 0.717) is 13.2 Å². The lowest BCUT2D eigenvalue weighted by Gasteiger charge is -2.25. The monoisotopic (exact) mass is 247 g/mol. The van der Waals surface area contributed by atoms with Crippen LogP contribution in [0.3, 0.4) is 0 Å². The molecule has 0 aromatic rings. The molecule has 0 amide bonds. The summed E-state index contributed by atoms with van der Waals surface area (Å²) in [5.41, 5.74) is -0.110. The maximum absolute atomic E-state index is 5.61. The van der Waals surface area contributed by atoms with Gasteiger partial charge in [0.25, 0.3) is 0 Å². The van der Waals surface area contributed by atoms with Crippen LogP contribution in [0.2, 0.25) is 0 Å². The first-order valence-corrected chi connectivity index (χ1v) is 6.63. The molecule has 0 spiro atoms. The van der Waals surface area contributed by atoms with Crippen molar-refractivity contribution >= 4 is 0 Å². The standard InChI is InChI=1S/C13H29NO3/c1-6-15-12(16-7-2)9-10-14-11-13(4,5)17-8-3/h12,14H,6-11H2,1-5H3. The predicted molar refractivity (Wildman–Crippen MR) is 70.2 cm³/mol. The lowest BCUT2D eigenvalue weighted by molar-refractivity contribution is -0.139. The van der Waals surface area contributed by atoms with Crippen molar-refractivity contribution < 1.29 is 14.2 Å². The van der Waals surface area contributed by atoms with Crippen molar-refractivity contribution in [3.8, 4) is 0 Å². The summed E-state index contributed by atoms with van der Waals surface area (Å²) >= 11 is 0. The van der Waals surface area contributed by atoms with Crippen molar-refractivity contribution in [2.45, 2.75) is 52.9 Å². The highest BCUT2D eigenvalue weighted by Gasteiger charge is 2.17. The molecule has 0 aliphatic heterocycles. The van der Waals surface area contributed by atoms with Crippen molar-refractivity contribution in [1.29, 1.82) is 0 Å². The van der Waals surface area contributed by atoms with E-state index in [4.69, 9.17) is 14.2 Å². The molecule has 0 aromatic carbocycles. The van der Waals surface area contributed by atoms with Crippen LogP contribution in [0, 0.1) is 0 Å². The second-order valence-corrected chi connectivity index (χ2v) is 4.50. The average molecular weight is 247 g/mol. The Bertz CT molecular complexity index is 168. The van der Waals surface area contributed by atoms with Crippen LogP contribution in [0.5, 0.6) is 0 Å². The lowest BCUT2D eigenvalue weighted by atomic mass is 10.1. The zero-order valence-corrected chi connectivity index (χ0v) is 12.0. The van der Waals surface area contributed by atoms with Gasteiger partial charge in [0.2, 0.25) is 0 Å². The molecule has 0 unspecified atom stereocenters. The molecule has 0 saturated carbocycles. The van der Waals surface area contributed by atoms with Crippen molar-refractivity contribution in [3.05, 3.63) is 0 Å². The summed E-state index contributed by atoms with van der Waals surface area (Å²) in [7, 11) is 0. The van der Waals surface area contributed by atoms with Gasteiger partial charge in [-0.1, -0.05) is 0 Å². The molecule has 0 heterocycles. The van der Waals surface area contributed by atoms with E-state index in [0.717, 1.165) is 26.1 Å². The van der Waals surface area contributed by atoms with E-state index in [-0.39, 0.29) is 11.9 Å². The average Bonchev–Trinajstić information content (AvgIpc) is 2.25. The van der Waals surface area contributed by atoms with Crippen molar-refractivity contribution in [2.24, 2.45) is 0 Å². The Labute approximate surface area is 106 Å². The van der Waals surface area contributed by atoms with Gasteiger partial charge >= 0.3 is 0 Å². The van der Waals surface area contributed by atoms with E-state index in [1.54, 1.807) is 0 Å². The highest BCUT2D eigenvalue weighted by atomic mass is 16.7. The first-order valence-electron chi connectivity index (χ1n) is 6.63. The molecule has 0 radical (unpaired) electrons. The molecule has 0 bridgehead atoms. The topological polar surface area (TPSA) is 39.7 Å². The number of rotatable bonds is 11. The Hall–Kier alpha value is -0.160. The SMILES string of the molecule is CCOC(CCNCC(C)(C)OCC)OCC. The van der Waals surface area contributed by atoms with Gasteiger partial charge in [0.15, 0.2) is 6.29 Å². The summed E-state index contributed by atoms with van der Waals surface area (Å²) in [6.07, 6.45) is 0.775. The Kier molecular flexibility index (Phi) is 9.74. The molecule has 17 heavy (non-hydrogen) atoms. The van der Waals surface area contributed by atoms with Crippen LogP contribution >= 0.6 is 0 Å². The largest absolute Gasteiger partial charge is 0.375 e. The van der Waals surface area contributed by atoms with Crippen LogP contribution in [0.25, 0.3) is 0 Å². The minimum Gasteiger partial charge on any atom is -0.375 e. The quantitative estimate of drug-likeness (QED) is 0.449. The summed E-state index contributed by atoms with van der Waals surface area (Å²) in [5.74, 6) is 0. The van der Waals surface area contributed by atoms with E-state index in [9.17, 15) is 0 Å². The van der Waals surface area contributed by atoms with Gasteiger partial charge in [-0.25, -0.2) is 0 Å². The number of hydrogen-bond donors (Lipinski definition) is 1. The highest BCUT2D eigenvalue weighted by Crippen LogP contribution is 2.07. The van der Waals surface area contributed by atoms with Gasteiger partial charge in [0.1, 0.15) is 0 Å². The maximum Gasteiger partial charge on any atom is 0.158 e. The molecule has 0 aliphatic carbocycles. The molecule has 4 nitrogen and oxygen atoms in total. The molecule has 104 valence electrons. The van der Waals surface area contributed by atoms with Crippen molar-refractivity contribution in [2.75, 3.05) is 32.9 Å². The summed E-state index contributed by atoms with van der Waals surface area (Å²) in [6.45, 7) is 14.0. The molecule has 0 fully saturated rings. The molecule has 1 N–H and O–H groups in total.